The van der Waals surface area contributed by atoms with Gasteiger partial charge in [-0.1, -0.05) is 6.92 Å². The number of carboxylic acid groups (broad SMARTS) is 1. The van der Waals surface area contributed by atoms with Crippen molar-refractivity contribution in [1.82, 2.24) is 4.90 Å². The molecule has 0 radical (unpaired) electrons. The van der Waals surface area contributed by atoms with Gasteiger partial charge < -0.3 is 10.0 Å². The first-order valence-electron chi connectivity index (χ1n) is 4.94. The molecule has 5 heteroatoms. The first kappa shape index (κ1) is 14.3. The molecule has 1 amide bonds. The number of rotatable bonds is 7. The van der Waals surface area contributed by atoms with Crippen molar-refractivity contribution in [2.24, 2.45) is 5.92 Å². The number of amides is 1. The standard InChI is InChI=1S/C10H19NO3S/c1-8(7-15-3)10(14)11(2)6-4-5-9(12)13/h8H,4-7H2,1-3H3,(H,12,13). The average Bonchev–Trinajstić information content (AvgIpc) is 2.16. The van der Waals surface area contributed by atoms with Crippen LogP contribution in [0.25, 0.3) is 0 Å². The van der Waals surface area contributed by atoms with E-state index in [4.69, 9.17) is 5.11 Å². The van der Waals surface area contributed by atoms with E-state index in [0.717, 1.165) is 5.75 Å². The van der Waals surface area contributed by atoms with E-state index in [1.165, 1.54) is 0 Å². The Morgan fingerprint density at radius 2 is 2.07 bits per heavy atom. The number of carbonyl (C=O) groups excluding carboxylic acids is 1. The van der Waals surface area contributed by atoms with Gasteiger partial charge in [-0.2, -0.15) is 11.8 Å². The Kier molecular flexibility index (Phi) is 7.21. The Balaban J connectivity index is 3.82. The molecule has 0 aromatic carbocycles. The van der Waals surface area contributed by atoms with Gasteiger partial charge in [-0.15, -0.1) is 0 Å². The smallest absolute Gasteiger partial charge is 0.303 e. The second-order valence-electron chi connectivity index (χ2n) is 3.61. The maximum Gasteiger partial charge on any atom is 0.303 e. The number of carbonyl (C=O) groups is 2. The van der Waals surface area contributed by atoms with Crippen molar-refractivity contribution in [3.63, 3.8) is 0 Å². The van der Waals surface area contributed by atoms with Gasteiger partial charge in [0, 0.05) is 31.7 Å². The van der Waals surface area contributed by atoms with Crippen LogP contribution in [0.2, 0.25) is 0 Å². The summed E-state index contributed by atoms with van der Waals surface area (Å²) < 4.78 is 0. The van der Waals surface area contributed by atoms with Gasteiger partial charge in [0.2, 0.25) is 5.91 Å². The maximum atomic E-state index is 11.7. The Hall–Kier alpha value is -0.710. The van der Waals surface area contributed by atoms with Gasteiger partial charge in [0.1, 0.15) is 0 Å². The molecule has 0 saturated carbocycles. The quantitative estimate of drug-likeness (QED) is 0.720. The average molecular weight is 233 g/mol. The third-order valence-electron chi connectivity index (χ3n) is 2.10. The van der Waals surface area contributed by atoms with Crippen molar-refractivity contribution in [3.05, 3.63) is 0 Å². The largest absolute Gasteiger partial charge is 0.481 e. The van der Waals surface area contributed by atoms with Gasteiger partial charge in [0.05, 0.1) is 0 Å². The highest BCUT2D eigenvalue weighted by Crippen LogP contribution is 2.08. The van der Waals surface area contributed by atoms with Crippen LogP contribution in [0.15, 0.2) is 0 Å². The van der Waals surface area contributed by atoms with E-state index in [0.29, 0.717) is 13.0 Å². The van der Waals surface area contributed by atoms with Crippen LogP contribution in [0.1, 0.15) is 19.8 Å². The van der Waals surface area contributed by atoms with E-state index >= 15 is 0 Å². The Bertz CT molecular complexity index is 221. The minimum Gasteiger partial charge on any atom is -0.481 e. The fourth-order valence-electron chi connectivity index (χ4n) is 1.28. The molecule has 0 aliphatic heterocycles. The van der Waals surface area contributed by atoms with Crippen molar-refractivity contribution in [1.29, 1.82) is 0 Å². The number of carboxylic acids is 1. The third-order valence-corrected chi connectivity index (χ3v) is 2.93. The molecule has 4 nitrogen and oxygen atoms in total. The molecule has 0 rings (SSSR count). The molecular weight excluding hydrogens is 214 g/mol. The van der Waals surface area contributed by atoms with E-state index in [-0.39, 0.29) is 18.2 Å². The summed E-state index contributed by atoms with van der Waals surface area (Å²) in [6, 6.07) is 0. The highest BCUT2D eigenvalue weighted by Gasteiger charge is 2.16. The number of hydrogen-bond donors (Lipinski definition) is 1. The molecule has 1 N–H and O–H groups in total. The summed E-state index contributed by atoms with van der Waals surface area (Å²) in [6.45, 7) is 2.41. The van der Waals surface area contributed by atoms with Crippen molar-refractivity contribution in [3.8, 4) is 0 Å². The minimum absolute atomic E-state index is 0.00910. The molecule has 88 valence electrons. The maximum absolute atomic E-state index is 11.7. The predicted octanol–water partition coefficient (Wildman–Crippen LogP) is 1.31. The summed E-state index contributed by atoms with van der Waals surface area (Å²) in [5.41, 5.74) is 0. The molecule has 1 atom stereocenters. The van der Waals surface area contributed by atoms with Gasteiger partial charge in [-0.05, 0) is 12.7 Å². The van der Waals surface area contributed by atoms with Gasteiger partial charge in [-0.25, -0.2) is 0 Å². The SMILES string of the molecule is CSCC(C)C(=O)N(C)CCCC(=O)O. The molecule has 0 saturated heterocycles. The number of hydrogen-bond acceptors (Lipinski definition) is 3. The van der Waals surface area contributed by atoms with Gasteiger partial charge >= 0.3 is 5.97 Å². The Labute approximate surface area is 95.0 Å². The van der Waals surface area contributed by atoms with Crippen molar-refractivity contribution < 1.29 is 14.7 Å². The lowest BCUT2D eigenvalue weighted by Crippen LogP contribution is -2.33. The predicted molar refractivity (Wildman–Crippen MR) is 62.1 cm³/mol. The first-order valence-corrected chi connectivity index (χ1v) is 6.34. The van der Waals surface area contributed by atoms with Crippen LogP contribution in [0.4, 0.5) is 0 Å². The third kappa shape index (κ3) is 6.38. The van der Waals surface area contributed by atoms with E-state index < -0.39 is 5.97 Å². The van der Waals surface area contributed by atoms with Gasteiger partial charge in [-0.3, -0.25) is 9.59 Å². The topological polar surface area (TPSA) is 57.6 Å². The minimum atomic E-state index is -0.812. The molecule has 0 fully saturated rings. The second-order valence-corrected chi connectivity index (χ2v) is 4.52. The van der Waals surface area contributed by atoms with E-state index in [9.17, 15) is 9.59 Å². The molecule has 0 bridgehead atoms. The molecule has 0 spiro atoms. The van der Waals surface area contributed by atoms with E-state index in [1.807, 2.05) is 13.2 Å². The Morgan fingerprint density at radius 1 is 1.47 bits per heavy atom. The van der Waals surface area contributed by atoms with Gasteiger partial charge in [0.25, 0.3) is 0 Å². The van der Waals surface area contributed by atoms with Crippen LogP contribution in [-0.2, 0) is 9.59 Å². The second kappa shape index (κ2) is 7.56. The molecule has 1 unspecified atom stereocenters. The summed E-state index contributed by atoms with van der Waals surface area (Å²) in [4.78, 5) is 23.6. The molecule has 15 heavy (non-hydrogen) atoms. The lowest BCUT2D eigenvalue weighted by molar-refractivity contribution is -0.138. The van der Waals surface area contributed by atoms with E-state index in [2.05, 4.69) is 0 Å². The molecule has 0 aliphatic rings. The molecule has 0 aromatic heterocycles. The zero-order valence-electron chi connectivity index (χ0n) is 9.52. The van der Waals surface area contributed by atoms with Crippen LogP contribution in [-0.4, -0.2) is 47.5 Å². The normalized spacial score (nSPS) is 12.2. The zero-order chi connectivity index (χ0) is 11.8. The molecular formula is C10H19NO3S. The van der Waals surface area contributed by atoms with Crippen LogP contribution in [0.5, 0.6) is 0 Å². The summed E-state index contributed by atoms with van der Waals surface area (Å²) in [6.07, 6.45) is 2.60. The summed E-state index contributed by atoms with van der Waals surface area (Å²) in [5.74, 6) is 0.0971. The lowest BCUT2D eigenvalue weighted by atomic mass is 10.2. The monoisotopic (exact) mass is 233 g/mol. The fraction of sp³-hybridized carbons (Fsp3) is 0.800. The summed E-state index contributed by atoms with van der Waals surface area (Å²) >= 11 is 1.64. The van der Waals surface area contributed by atoms with Crippen LogP contribution in [0.3, 0.4) is 0 Å². The van der Waals surface area contributed by atoms with Crippen molar-refractivity contribution in [2.75, 3.05) is 25.6 Å². The molecule has 0 aliphatic carbocycles. The first-order chi connectivity index (χ1) is 6.99. The summed E-state index contributed by atoms with van der Waals surface area (Å²) in [7, 11) is 1.72. The highest BCUT2D eigenvalue weighted by molar-refractivity contribution is 7.98. The lowest BCUT2D eigenvalue weighted by Gasteiger charge is -2.20. The fourth-order valence-corrected chi connectivity index (χ4v) is 1.92. The van der Waals surface area contributed by atoms with Gasteiger partial charge in [0.15, 0.2) is 0 Å². The Morgan fingerprint density at radius 3 is 2.53 bits per heavy atom. The number of thioether (sulfide) groups is 1. The number of nitrogens with zero attached hydrogens (tertiary/aromatic N) is 1. The zero-order valence-corrected chi connectivity index (χ0v) is 10.3. The van der Waals surface area contributed by atoms with Crippen molar-refractivity contribution >= 4 is 23.6 Å². The van der Waals surface area contributed by atoms with E-state index in [1.54, 1.807) is 23.7 Å². The molecule has 0 aromatic rings. The van der Waals surface area contributed by atoms with Crippen LogP contribution in [0, 0.1) is 5.92 Å². The highest BCUT2D eigenvalue weighted by atomic mass is 32.2. The summed E-state index contributed by atoms with van der Waals surface area (Å²) in [5, 5.41) is 8.45. The van der Waals surface area contributed by atoms with Crippen LogP contribution >= 0.6 is 11.8 Å². The van der Waals surface area contributed by atoms with Crippen LogP contribution < -0.4 is 0 Å². The molecule has 0 heterocycles. The number of aliphatic carboxylic acids is 1. The van der Waals surface area contributed by atoms with Crippen molar-refractivity contribution in [2.45, 2.75) is 19.8 Å².